The van der Waals surface area contributed by atoms with Crippen molar-refractivity contribution in [2.75, 3.05) is 19.0 Å². The molecule has 1 radical (unpaired) electrons. The Morgan fingerprint density at radius 1 is 1.02 bits per heavy atom. The largest absolute Gasteiger partial charge is 0.373 e. The van der Waals surface area contributed by atoms with Crippen LogP contribution in [0.2, 0.25) is 0 Å². The van der Waals surface area contributed by atoms with Crippen LogP contribution in [0.3, 0.4) is 0 Å². The van der Waals surface area contributed by atoms with Gasteiger partial charge in [0.2, 0.25) is 0 Å². The summed E-state index contributed by atoms with van der Waals surface area (Å²) in [5.74, 6) is -0.482. The third kappa shape index (κ3) is 4.64. The van der Waals surface area contributed by atoms with Crippen LogP contribution in [0.5, 0.6) is 0 Å². The van der Waals surface area contributed by atoms with E-state index >= 15 is 0 Å². The van der Waals surface area contributed by atoms with Crippen molar-refractivity contribution in [2.45, 2.75) is 62.3 Å². The van der Waals surface area contributed by atoms with Crippen LogP contribution in [0.4, 0.5) is 5.82 Å². The lowest BCUT2D eigenvalue weighted by atomic mass is 9.72. The van der Waals surface area contributed by atoms with E-state index in [1.807, 2.05) is 6.08 Å². The van der Waals surface area contributed by atoms with Crippen LogP contribution in [-0.2, 0) is 21.9 Å². The zero-order chi connectivity index (χ0) is 29.6. The summed E-state index contributed by atoms with van der Waals surface area (Å²) in [6.45, 7) is -0.128. The number of aryl methyl sites for hydroxylation is 1. The van der Waals surface area contributed by atoms with E-state index in [-0.39, 0.29) is 29.1 Å². The predicted molar refractivity (Wildman–Crippen MR) is 172 cm³/mol. The maximum Gasteiger partial charge on any atom is 0.179 e. The Morgan fingerprint density at radius 2 is 1.86 bits per heavy atom. The molecule has 1 aromatic heterocycles. The Labute approximate surface area is 257 Å². The molecule has 1 aliphatic heterocycles. The van der Waals surface area contributed by atoms with Crippen molar-refractivity contribution in [3.8, 4) is 0 Å². The lowest BCUT2D eigenvalue weighted by Gasteiger charge is -2.45. The van der Waals surface area contributed by atoms with Crippen LogP contribution in [0.15, 0.2) is 78.0 Å². The maximum atomic E-state index is 13.7. The van der Waals surface area contributed by atoms with Crippen molar-refractivity contribution in [1.29, 1.82) is 0 Å². The number of carbonyl (C=O) groups is 2. The van der Waals surface area contributed by atoms with Gasteiger partial charge in [0.05, 0.1) is 5.54 Å². The number of allylic oxidation sites excluding steroid dienone is 4. The molecule has 7 rings (SSSR count). The van der Waals surface area contributed by atoms with Crippen LogP contribution >= 0.6 is 11.8 Å². The maximum absolute atomic E-state index is 13.7. The zero-order valence-corrected chi connectivity index (χ0v) is 25.3. The molecule has 6 nitrogen and oxygen atoms in total. The van der Waals surface area contributed by atoms with E-state index in [0.717, 1.165) is 48.8 Å². The Kier molecular flexibility index (Phi) is 7.48. The smallest absolute Gasteiger partial charge is 0.179 e. The summed E-state index contributed by atoms with van der Waals surface area (Å²) in [7, 11) is 1.78. The van der Waals surface area contributed by atoms with Gasteiger partial charge in [0.1, 0.15) is 23.7 Å². The van der Waals surface area contributed by atoms with Gasteiger partial charge in [-0.15, -0.1) is 11.8 Å². The molecule has 0 spiro atoms. The minimum atomic E-state index is -0.810. The normalized spacial score (nSPS) is 22.8. The molecule has 7 heteroatoms. The van der Waals surface area contributed by atoms with Crippen molar-refractivity contribution in [2.24, 2.45) is 5.92 Å². The van der Waals surface area contributed by atoms with Gasteiger partial charge in [0, 0.05) is 25.0 Å². The SMILES string of the molecule is CNc1ccc(C(=O)C2C(=O)C=CC3=C2CCc2c3ccc3c(C4(N5C=CSC5C[O])CCCCCC4)cccc23)cn1. The number of nitrogens with one attached hydrogen (secondary N) is 1. The van der Waals surface area contributed by atoms with Gasteiger partial charge in [-0.25, -0.2) is 10.1 Å². The molecule has 0 saturated heterocycles. The molecule has 219 valence electrons. The highest BCUT2D eigenvalue weighted by Gasteiger charge is 2.43. The van der Waals surface area contributed by atoms with Gasteiger partial charge < -0.3 is 10.2 Å². The fourth-order valence-electron chi connectivity index (χ4n) is 7.86. The Balaban J connectivity index is 1.33. The first-order chi connectivity index (χ1) is 21.1. The minimum Gasteiger partial charge on any atom is -0.373 e. The second-order valence-corrected chi connectivity index (χ2v) is 13.1. The summed E-state index contributed by atoms with van der Waals surface area (Å²) in [5.41, 5.74) is 5.87. The van der Waals surface area contributed by atoms with Gasteiger partial charge in [0.15, 0.2) is 11.6 Å². The first-order valence-electron chi connectivity index (χ1n) is 15.4. The van der Waals surface area contributed by atoms with Crippen LogP contribution in [0.25, 0.3) is 16.3 Å². The number of Topliss-reactive ketones (excluding diaryl/α,β-unsaturated/α-hetero) is 1. The Morgan fingerprint density at radius 3 is 2.60 bits per heavy atom. The summed E-state index contributed by atoms with van der Waals surface area (Å²) < 4.78 is 0. The average molecular weight is 591 g/mol. The molecular weight excluding hydrogens is 554 g/mol. The number of rotatable bonds is 6. The van der Waals surface area contributed by atoms with E-state index in [1.54, 1.807) is 43.2 Å². The topological polar surface area (TPSA) is 82.2 Å². The standard InChI is InChI=1S/C36H36N3O3S/c1-37-32-16-9-23(21-38-32)35(42)34-29-13-11-25-24-7-6-8-30(28(24)12-10-26(25)27(29)14-15-31(34)41)36(17-4-2-3-5-18-36)39-19-20-43-33(39)22-40/h6-10,12,14-16,19-21,33-34H,2-5,11,13,17-18,22H2,1H3,(H,37,38). The molecule has 3 aliphatic carbocycles. The van der Waals surface area contributed by atoms with Crippen molar-refractivity contribution < 1.29 is 14.7 Å². The molecule has 1 saturated carbocycles. The van der Waals surface area contributed by atoms with E-state index in [1.165, 1.54) is 34.7 Å². The summed E-state index contributed by atoms with van der Waals surface area (Å²) in [6, 6.07) is 14.6. The molecule has 1 fully saturated rings. The van der Waals surface area contributed by atoms with Crippen molar-refractivity contribution >= 4 is 45.5 Å². The third-order valence-corrected chi connectivity index (χ3v) is 10.9. The minimum absolute atomic E-state index is 0.0808. The second-order valence-electron chi connectivity index (χ2n) is 12.0. The number of pyridine rings is 1. The molecule has 3 aromatic rings. The van der Waals surface area contributed by atoms with E-state index < -0.39 is 5.92 Å². The number of carbonyl (C=O) groups excluding carboxylic acids is 2. The number of benzene rings is 2. The van der Waals surface area contributed by atoms with Gasteiger partial charge in [-0.05, 0) is 87.9 Å². The number of aromatic nitrogens is 1. The molecule has 2 atom stereocenters. The first kappa shape index (κ1) is 28.1. The highest BCUT2D eigenvalue weighted by atomic mass is 32.2. The van der Waals surface area contributed by atoms with E-state index in [2.05, 4.69) is 57.1 Å². The number of hydrogen-bond acceptors (Lipinski definition) is 6. The van der Waals surface area contributed by atoms with Crippen LogP contribution in [-0.4, -0.2) is 40.5 Å². The first-order valence-corrected chi connectivity index (χ1v) is 16.4. The monoisotopic (exact) mass is 590 g/mol. The molecule has 4 aliphatic rings. The highest BCUT2D eigenvalue weighted by Crippen LogP contribution is 2.50. The fraction of sp³-hybridized carbons (Fsp3) is 0.361. The predicted octanol–water partition coefficient (Wildman–Crippen LogP) is 7.44. The molecular formula is C36H36N3O3S. The van der Waals surface area contributed by atoms with Crippen molar-refractivity contribution in [1.82, 2.24) is 9.88 Å². The van der Waals surface area contributed by atoms with Gasteiger partial charge >= 0.3 is 0 Å². The number of thioether (sulfide) groups is 1. The number of anilines is 1. The summed E-state index contributed by atoms with van der Waals surface area (Å²) in [5, 5.41) is 19.8. The molecule has 2 aromatic carbocycles. The quantitative estimate of drug-likeness (QED) is 0.183. The zero-order valence-electron chi connectivity index (χ0n) is 24.5. The van der Waals surface area contributed by atoms with E-state index in [4.69, 9.17) is 0 Å². The van der Waals surface area contributed by atoms with E-state index in [9.17, 15) is 14.7 Å². The van der Waals surface area contributed by atoms with Gasteiger partial charge in [-0.3, -0.25) is 9.59 Å². The third-order valence-electron chi connectivity index (χ3n) is 9.90. The molecule has 43 heavy (non-hydrogen) atoms. The summed E-state index contributed by atoms with van der Waals surface area (Å²) >= 11 is 1.64. The average Bonchev–Trinajstić information content (AvgIpc) is 3.41. The molecule has 2 unspecified atom stereocenters. The molecule has 0 bridgehead atoms. The molecule has 1 N–H and O–H groups in total. The number of nitrogens with zero attached hydrogens (tertiary/aromatic N) is 2. The summed E-state index contributed by atoms with van der Waals surface area (Å²) in [4.78, 5) is 33.5. The molecule has 0 amide bonds. The van der Waals surface area contributed by atoms with E-state index in [0.29, 0.717) is 17.8 Å². The fourth-order valence-corrected chi connectivity index (χ4v) is 8.72. The Bertz CT molecular complexity index is 1680. The van der Waals surface area contributed by atoms with Gasteiger partial charge in [-0.2, -0.15) is 0 Å². The van der Waals surface area contributed by atoms with Crippen molar-refractivity contribution in [3.05, 3.63) is 100 Å². The molecule has 2 heterocycles. The van der Waals surface area contributed by atoms with Crippen molar-refractivity contribution in [3.63, 3.8) is 0 Å². The number of fused-ring (bicyclic) bond motifs is 4. The van der Waals surface area contributed by atoms with Crippen LogP contribution in [0, 0.1) is 5.92 Å². The van der Waals surface area contributed by atoms with Gasteiger partial charge in [-0.1, -0.05) is 62.1 Å². The van der Waals surface area contributed by atoms with Crippen LogP contribution in [0.1, 0.15) is 72.0 Å². The summed E-state index contributed by atoms with van der Waals surface area (Å²) in [6.07, 6.45) is 15.5. The Hall–Kier alpha value is -3.68. The highest BCUT2D eigenvalue weighted by molar-refractivity contribution is 8.02. The number of hydrogen-bond donors (Lipinski definition) is 1. The second kappa shape index (κ2) is 11.4. The number of ketones is 2. The lowest BCUT2D eigenvalue weighted by Crippen LogP contribution is -2.47. The van der Waals surface area contributed by atoms with Crippen LogP contribution < -0.4 is 5.32 Å². The lowest BCUT2D eigenvalue weighted by molar-refractivity contribution is -0.116. The van der Waals surface area contributed by atoms with Gasteiger partial charge in [0.25, 0.3) is 0 Å².